The van der Waals surface area contributed by atoms with Crippen LogP contribution in [0.5, 0.6) is 0 Å². The number of carbonyl (C=O) groups is 1. The van der Waals surface area contributed by atoms with Crippen molar-refractivity contribution >= 4 is 23.2 Å². The van der Waals surface area contributed by atoms with Crippen molar-refractivity contribution < 1.29 is 9.18 Å². The van der Waals surface area contributed by atoms with Crippen LogP contribution in [0.15, 0.2) is 48.8 Å². The second-order valence-corrected chi connectivity index (χ2v) is 7.88. The van der Waals surface area contributed by atoms with Crippen LogP contribution in [0.3, 0.4) is 0 Å². The number of hydrogen-bond donors (Lipinski definition) is 1. The highest BCUT2D eigenvalue weighted by Crippen LogP contribution is 2.31. The van der Waals surface area contributed by atoms with Gasteiger partial charge in [-0.15, -0.1) is 0 Å². The molecule has 146 valence electrons. The van der Waals surface area contributed by atoms with Crippen LogP contribution in [0.25, 0.3) is 5.65 Å². The lowest BCUT2D eigenvalue weighted by Crippen LogP contribution is -2.37. The van der Waals surface area contributed by atoms with E-state index >= 15 is 0 Å². The molecular weight excluding hydrogens is 377 g/mol. The summed E-state index contributed by atoms with van der Waals surface area (Å²) in [6.07, 6.45) is 9.18. The number of fused-ring (bicyclic) bond motifs is 1. The molecule has 28 heavy (non-hydrogen) atoms. The molecular formula is C22H23ClFN3O. The van der Waals surface area contributed by atoms with Crippen LogP contribution in [0.1, 0.15) is 55.7 Å². The molecule has 0 spiro atoms. The van der Waals surface area contributed by atoms with Crippen molar-refractivity contribution in [3.63, 3.8) is 0 Å². The molecule has 2 aromatic heterocycles. The molecule has 3 aromatic rings. The van der Waals surface area contributed by atoms with Crippen molar-refractivity contribution in [3.05, 3.63) is 70.9 Å². The summed E-state index contributed by atoms with van der Waals surface area (Å²) in [6, 6.07) is 10.4. The first kappa shape index (κ1) is 18.9. The van der Waals surface area contributed by atoms with Gasteiger partial charge in [0.1, 0.15) is 11.5 Å². The molecule has 1 aliphatic carbocycles. The van der Waals surface area contributed by atoms with Crippen molar-refractivity contribution in [2.24, 2.45) is 0 Å². The van der Waals surface area contributed by atoms with Crippen LogP contribution in [0, 0.1) is 5.82 Å². The fraction of sp³-hybridized carbons (Fsp3) is 0.364. The standard InChI is InChI=1S/C22H23ClFN3O/c23-15-10-11-21-25-13-20(27(21)14-15)18(17-8-4-5-9-19(17)24)12-22(28)26-16-6-2-1-3-7-16/h4-5,8-11,13-14,16,18H,1-3,6-7,12H2,(H,26,28). The van der Waals surface area contributed by atoms with Crippen molar-refractivity contribution in [3.8, 4) is 0 Å². The topological polar surface area (TPSA) is 46.4 Å². The number of amides is 1. The van der Waals surface area contributed by atoms with Crippen LogP contribution in [-0.4, -0.2) is 21.3 Å². The Morgan fingerprint density at radius 3 is 2.79 bits per heavy atom. The van der Waals surface area contributed by atoms with E-state index in [0.29, 0.717) is 16.2 Å². The number of imidazole rings is 1. The molecule has 1 unspecified atom stereocenters. The summed E-state index contributed by atoms with van der Waals surface area (Å²) >= 11 is 6.16. The summed E-state index contributed by atoms with van der Waals surface area (Å²) in [4.78, 5) is 17.2. The van der Waals surface area contributed by atoms with Crippen molar-refractivity contribution in [2.75, 3.05) is 0 Å². The number of pyridine rings is 1. The van der Waals surface area contributed by atoms with Crippen molar-refractivity contribution in [2.45, 2.75) is 50.5 Å². The lowest BCUT2D eigenvalue weighted by atomic mass is 9.91. The first-order valence-electron chi connectivity index (χ1n) is 9.78. The molecule has 4 nitrogen and oxygen atoms in total. The fourth-order valence-electron chi connectivity index (χ4n) is 4.08. The summed E-state index contributed by atoms with van der Waals surface area (Å²) < 4.78 is 16.5. The molecule has 1 aromatic carbocycles. The Morgan fingerprint density at radius 1 is 1.21 bits per heavy atom. The maximum absolute atomic E-state index is 14.6. The number of hydrogen-bond acceptors (Lipinski definition) is 2. The van der Waals surface area contributed by atoms with Gasteiger partial charge in [-0.2, -0.15) is 0 Å². The monoisotopic (exact) mass is 399 g/mol. The lowest BCUT2D eigenvalue weighted by Gasteiger charge is -2.24. The number of benzene rings is 1. The Labute approximate surface area is 168 Å². The Hall–Kier alpha value is -2.40. The van der Waals surface area contributed by atoms with Gasteiger partial charge in [0, 0.05) is 30.8 Å². The molecule has 1 saturated carbocycles. The van der Waals surface area contributed by atoms with E-state index in [4.69, 9.17) is 11.6 Å². The highest BCUT2D eigenvalue weighted by Gasteiger charge is 2.26. The number of aromatic nitrogens is 2. The summed E-state index contributed by atoms with van der Waals surface area (Å²) in [5.41, 5.74) is 1.96. The second kappa shape index (κ2) is 8.31. The summed E-state index contributed by atoms with van der Waals surface area (Å²) in [5.74, 6) is -0.828. The molecule has 2 heterocycles. The third-order valence-corrected chi connectivity index (χ3v) is 5.72. The minimum atomic E-state index is -0.446. The Balaban J connectivity index is 1.67. The van der Waals surface area contributed by atoms with E-state index in [1.165, 1.54) is 12.5 Å². The molecule has 1 N–H and O–H groups in total. The molecule has 0 bridgehead atoms. The molecule has 0 saturated heterocycles. The van der Waals surface area contributed by atoms with E-state index in [1.807, 2.05) is 10.5 Å². The van der Waals surface area contributed by atoms with Crippen LogP contribution < -0.4 is 5.32 Å². The Bertz CT molecular complexity index is 981. The van der Waals surface area contributed by atoms with Gasteiger partial charge in [-0.1, -0.05) is 49.1 Å². The number of carbonyl (C=O) groups excluding carboxylic acids is 1. The van der Waals surface area contributed by atoms with Gasteiger partial charge in [0.15, 0.2) is 0 Å². The third-order valence-electron chi connectivity index (χ3n) is 5.50. The van der Waals surface area contributed by atoms with Gasteiger partial charge in [-0.05, 0) is 36.6 Å². The SMILES string of the molecule is O=C(CC(c1ccccc1F)c1cnc2ccc(Cl)cn12)NC1CCCCC1. The zero-order chi connectivity index (χ0) is 19.5. The molecule has 1 fully saturated rings. The highest BCUT2D eigenvalue weighted by molar-refractivity contribution is 6.30. The molecule has 6 heteroatoms. The van der Waals surface area contributed by atoms with E-state index in [2.05, 4.69) is 10.3 Å². The smallest absolute Gasteiger partial charge is 0.221 e. The second-order valence-electron chi connectivity index (χ2n) is 7.44. The van der Waals surface area contributed by atoms with E-state index in [9.17, 15) is 9.18 Å². The molecule has 0 radical (unpaired) electrons. The molecule has 1 atom stereocenters. The zero-order valence-electron chi connectivity index (χ0n) is 15.6. The normalized spacial score (nSPS) is 16.2. The van der Waals surface area contributed by atoms with E-state index < -0.39 is 5.92 Å². The van der Waals surface area contributed by atoms with Gasteiger partial charge < -0.3 is 9.72 Å². The Kier molecular flexibility index (Phi) is 5.62. The summed E-state index contributed by atoms with van der Waals surface area (Å²) in [5, 5.41) is 3.70. The van der Waals surface area contributed by atoms with E-state index in [-0.39, 0.29) is 24.2 Å². The van der Waals surface area contributed by atoms with Crippen LogP contribution in [0.2, 0.25) is 5.02 Å². The minimum Gasteiger partial charge on any atom is -0.353 e. The maximum atomic E-state index is 14.6. The predicted molar refractivity (Wildman–Crippen MR) is 108 cm³/mol. The minimum absolute atomic E-state index is 0.0582. The highest BCUT2D eigenvalue weighted by atomic mass is 35.5. The van der Waals surface area contributed by atoms with Gasteiger partial charge in [-0.25, -0.2) is 9.37 Å². The molecule has 0 aliphatic heterocycles. The first-order chi connectivity index (χ1) is 13.6. The number of halogens is 2. The number of nitrogens with zero attached hydrogens (tertiary/aromatic N) is 2. The molecule has 1 aliphatic rings. The Morgan fingerprint density at radius 2 is 2.00 bits per heavy atom. The average Bonchev–Trinajstić information content (AvgIpc) is 3.10. The molecule has 1 amide bonds. The van der Waals surface area contributed by atoms with Crippen molar-refractivity contribution in [1.82, 2.24) is 14.7 Å². The van der Waals surface area contributed by atoms with Crippen LogP contribution >= 0.6 is 11.6 Å². The zero-order valence-corrected chi connectivity index (χ0v) is 16.3. The lowest BCUT2D eigenvalue weighted by molar-refractivity contribution is -0.122. The van der Waals surface area contributed by atoms with E-state index in [1.54, 1.807) is 36.7 Å². The first-order valence-corrected chi connectivity index (χ1v) is 10.2. The van der Waals surface area contributed by atoms with Crippen molar-refractivity contribution in [1.29, 1.82) is 0 Å². The fourth-order valence-corrected chi connectivity index (χ4v) is 4.24. The van der Waals surface area contributed by atoms with Crippen LogP contribution in [-0.2, 0) is 4.79 Å². The van der Waals surface area contributed by atoms with Gasteiger partial charge in [0.05, 0.1) is 10.7 Å². The third kappa shape index (κ3) is 4.04. The quantitative estimate of drug-likeness (QED) is 0.649. The van der Waals surface area contributed by atoms with Gasteiger partial charge >= 0.3 is 0 Å². The van der Waals surface area contributed by atoms with Gasteiger partial charge in [0.2, 0.25) is 5.91 Å². The van der Waals surface area contributed by atoms with Gasteiger partial charge in [0.25, 0.3) is 0 Å². The van der Waals surface area contributed by atoms with Crippen LogP contribution in [0.4, 0.5) is 4.39 Å². The maximum Gasteiger partial charge on any atom is 0.221 e. The predicted octanol–water partition coefficient (Wildman–Crippen LogP) is 5.10. The largest absolute Gasteiger partial charge is 0.353 e. The van der Waals surface area contributed by atoms with Gasteiger partial charge in [-0.3, -0.25) is 4.79 Å². The summed E-state index contributed by atoms with van der Waals surface area (Å²) in [6.45, 7) is 0. The summed E-state index contributed by atoms with van der Waals surface area (Å²) in [7, 11) is 0. The van der Waals surface area contributed by atoms with E-state index in [0.717, 1.165) is 31.4 Å². The average molecular weight is 400 g/mol. The number of nitrogens with one attached hydrogen (secondary N) is 1. The molecule has 4 rings (SSSR count). The number of rotatable bonds is 5.